The molecule has 122 valence electrons. The zero-order valence-electron chi connectivity index (χ0n) is 13.0. The van der Waals surface area contributed by atoms with E-state index in [1.165, 1.54) is 34.3 Å². The molecule has 0 saturated carbocycles. The third-order valence-corrected chi connectivity index (χ3v) is 5.51. The van der Waals surface area contributed by atoms with E-state index >= 15 is 0 Å². The van der Waals surface area contributed by atoms with Crippen molar-refractivity contribution in [3.8, 4) is 5.75 Å². The van der Waals surface area contributed by atoms with E-state index in [-0.39, 0.29) is 10.6 Å². The molecule has 0 amide bonds. The Hall–Kier alpha value is -1.96. The van der Waals surface area contributed by atoms with Crippen molar-refractivity contribution in [1.29, 1.82) is 0 Å². The van der Waals surface area contributed by atoms with E-state index < -0.39 is 10.1 Å². The van der Waals surface area contributed by atoms with E-state index in [4.69, 9.17) is 5.11 Å². The fourth-order valence-electron chi connectivity index (χ4n) is 2.08. The second-order valence-electron chi connectivity index (χ2n) is 5.05. The number of fused-ring (bicyclic) bond motifs is 1. The lowest BCUT2D eigenvalue weighted by molar-refractivity contribution is -0.646. The zero-order valence-corrected chi connectivity index (χ0v) is 14.6. The lowest BCUT2D eigenvalue weighted by Crippen LogP contribution is -2.28. The van der Waals surface area contributed by atoms with Gasteiger partial charge in [0.25, 0.3) is 0 Å². The molecule has 1 aromatic heterocycles. The Morgan fingerprint density at radius 3 is 2.35 bits per heavy atom. The molecule has 3 rings (SSSR count). The molecule has 5 nitrogen and oxygen atoms in total. The third kappa shape index (κ3) is 4.07. The summed E-state index contributed by atoms with van der Waals surface area (Å²) < 4.78 is 35.2. The van der Waals surface area contributed by atoms with Crippen molar-refractivity contribution in [1.82, 2.24) is 0 Å². The van der Waals surface area contributed by atoms with Crippen LogP contribution in [0.1, 0.15) is 10.6 Å². The van der Waals surface area contributed by atoms with Gasteiger partial charge in [-0.05, 0) is 30.7 Å². The van der Waals surface area contributed by atoms with Gasteiger partial charge in [-0.3, -0.25) is 0 Å². The molecule has 0 fully saturated rings. The highest BCUT2D eigenvalue weighted by molar-refractivity contribution is 7.85. The number of benzene rings is 2. The predicted molar refractivity (Wildman–Crippen MR) is 88.5 cm³/mol. The summed E-state index contributed by atoms with van der Waals surface area (Å²) in [6, 6.07) is 12.1. The molecule has 2 aromatic carbocycles. The van der Waals surface area contributed by atoms with Gasteiger partial charge in [-0.25, -0.2) is 8.42 Å². The van der Waals surface area contributed by atoms with Crippen molar-refractivity contribution >= 4 is 31.7 Å². The number of hydrogen-bond donors (Lipinski definition) is 1. The van der Waals surface area contributed by atoms with E-state index in [1.54, 1.807) is 0 Å². The zero-order chi connectivity index (χ0) is 17.2. The molecule has 1 heterocycles. The smallest absolute Gasteiger partial charge is 0.234 e. The maximum atomic E-state index is 10.5. The van der Waals surface area contributed by atoms with Crippen LogP contribution in [0.3, 0.4) is 0 Å². The quantitative estimate of drug-likeness (QED) is 0.540. The second-order valence-corrected chi connectivity index (χ2v) is 7.63. The van der Waals surface area contributed by atoms with Crippen molar-refractivity contribution in [3.63, 3.8) is 0 Å². The van der Waals surface area contributed by atoms with Crippen molar-refractivity contribution in [2.24, 2.45) is 7.05 Å². The van der Waals surface area contributed by atoms with Gasteiger partial charge >= 0.3 is 0 Å². The number of para-hydroxylation sites is 1. The molecular weight excluding hydrogens is 334 g/mol. The number of aromatic nitrogens is 1. The Balaban J connectivity index is 0.000000167. The monoisotopic (exact) mass is 351 g/mol. The van der Waals surface area contributed by atoms with Crippen LogP contribution in [0.25, 0.3) is 10.2 Å². The second kappa shape index (κ2) is 6.66. The first-order chi connectivity index (χ1) is 10.7. The van der Waals surface area contributed by atoms with Crippen molar-refractivity contribution in [2.75, 3.05) is 0 Å². The number of phenolic OH excluding ortho intramolecular Hbond substituents is 1. The van der Waals surface area contributed by atoms with Crippen LogP contribution in [-0.2, 0) is 17.2 Å². The van der Waals surface area contributed by atoms with Crippen LogP contribution < -0.4 is 4.57 Å². The van der Waals surface area contributed by atoms with Crippen LogP contribution in [0.4, 0.5) is 0 Å². The van der Waals surface area contributed by atoms with Gasteiger partial charge in [0.1, 0.15) is 27.6 Å². The number of hydrogen-bond acceptors (Lipinski definition) is 5. The summed E-state index contributed by atoms with van der Waals surface area (Å²) in [5, 5.41) is 10.3. The molecule has 7 heteroatoms. The van der Waals surface area contributed by atoms with Crippen molar-refractivity contribution in [2.45, 2.75) is 18.7 Å². The van der Waals surface area contributed by atoms with Gasteiger partial charge in [0.2, 0.25) is 10.5 Å². The Labute approximate surface area is 139 Å². The third-order valence-electron chi connectivity index (χ3n) is 3.40. The van der Waals surface area contributed by atoms with Gasteiger partial charge in [0, 0.05) is 13.0 Å². The predicted octanol–water partition coefficient (Wildman–Crippen LogP) is 2.64. The molecule has 1 N–H and O–H groups in total. The Bertz CT molecular complexity index is 946. The molecule has 0 aliphatic carbocycles. The minimum Gasteiger partial charge on any atom is -0.744 e. The molecule has 0 saturated heterocycles. The average Bonchev–Trinajstić information content (AvgIpc) is 2.77. The van der Waals surface area contributed by atoms with Gasteiger partial charge in [0.05, 0.1) is 4.90 Å². The standard InChI is InChI=1S/C9H10NS.C7H8O4S/c1-7-10(2)8-5-3-4-6-9(8)11-7;1-5-2-3-6(8)4-7(5)12(9,10)11/h3-6H,1-2H3;2-4,8H,1H3,(H,9,10,11)/q+1;/p-1. The fraction of sp³-hybridized carbons (Fsp3) is 0.188. The van der Waals surface area contributed by atoms with Gasteiger partial charge in [0.15, 0.2) is 0 Å². The number of aryl methyl sites for hydroxylation is 3. The summed E-state index contributed by atoms with van der Waals surface area (Å²) in [5.74, 6) is -0.227. The molecule has 23 heavy (non-hydrogen) atoms. The van der Waals surface area contributed by atoms with Gasteiger partial charge < -0.3 is 9.66 Å². The van der Waals surface area contributed by atoms with Gasteiger partial charge in [-0.1, -0.05) is 29.5 Å². The first-order valence-electron chi connectivity index (χ1n) is 6.80. The first-order valence-corrected chi connectivity index (χ1v) is 9.02. The Morgan fingerprint density at radius 1 is 1.13 bits per heavy atom. The van der Waals surface area contributed by atoms with Crippen LogP contribution >= 0.6 is 11.3 Å². The number of phenols is 1. The summed E-state index contributed by atoms with van der Waals surface area (Å²) in [6.45, 7) is 3.63. The van der Waals surface area contributed by atoms with Crippen molar-refractivity contribution < 1.29 is 22.6 Å². The summed E-state index contributed by atoms with van der Waals surface area (Å²) >= 11 is 1.84. The minimum absolute atomic E-state index is 0.227. The lowest BCUT2D eigenvalue weighted by Gasteiger charge is -2.09. The normalized spacial score (nSPS) is 11.1. The average molecular weight is 351 g/mol. The summed E-state index contributed by atoms with van der Waals surface area (Å²) in [6.07, 6.45) is 0. The topological polar surface area (TPSA) is 81.3 Å². The fourth-order valence-corrected chi connectivity index (χ4v) is 3.81. The molecule has 0 unspecified atom stereocenters. The lowest BCUT2D eigenvalue weighted by atomic mass is 10.2. The number of aromatic hydroxyl groups is 1. The van der Waals surface area contributed by atoms with Crippen LogP contribution in [0.15, 0.2) is 47.4 Å². The highest BCUT2D eigenvalue weighted by Crippen LogP contribution is 2.20. The molecule has 3 aromatic rings. The molecular formula is C16H17NO4S2. The van der Waals surface area contributed by atoms with E-state index in [1.807, 2.05) is 11.3 Å². The number of rotatable bonds is 1. The van der Waals surface area contributed by atoms with Crippen LogP contribution in [0.2, 0.25) is 0 Å². The highest BCUT2D eigenvalue weighted by Gasteiger charge is 2.10. The van der Waals surface area contributed by atoms with Crippen LogP contribution in [0, 0.1) is 13.8 Å². The minimum atomic E-state index is -4.47. The van der Waals surface area contributed by atoms with Gasteiger partial charge in [-0.2, -0.15) is 4.57 Å². The maximum Gasteiger partial charge on any atom is 0.234 e. The molecule has 0 spiro atoms. The molecule has 0 aliphatic rings. The van der Waals surface area contributed by atoms with Gasteiger partial charge in [-0.15, -0.1) is 0 Å². The number of thiazole rings is 1. The summed E-state index contributed by atoms with van der Waals surface area (Å²) in [5.41, 5.74) is 1.66. The Kier molecular flexibility index (Phi) is 5.03. The highest BCUT2D eigenvalue weighted by atomic mass is 32.2. The maximum absolute atomic E-state index is 10.5. The van der Waals surface area contributed by atoms with Crippen molar-refractivity contribution in [3.05, 3.63) is 53.0 Å². The van der Waals surface area contributed by atoms with Crippen LogP contribution in [0.5, 0.6) is 5.75 Å². The van der Waals surface area contributed by atoms with E-state index in [0.29, 0.717) is 5.56 Å². The SMILES string of the molecule is Cc1ccc(O)cc1S(=O)(=O)[O-].Cc1sc2ccccc2[n+]1C. The largest absolute Gasteiger partial charge is 0.744 e. The van der Waals surface area contributed by atoms with E-state index in [0.717, 1.165) is 6.07 Å². The van der Waals surface area contributed by atoms with Crippen LogP contribution in [-0.4, -0.2) is 18.1 Å². The molecule has 0 bridgehead atoms. The first kappa shape index (κ1) is 17.4. The Morgan fingerprint density at radius 2 is 1.78 bits per heavy atom. The number of nitrogens with zero attached hydrogens (tertiary/aromatic N) is 1. The molecule has 0 aliphatic heterocycles. The summed E-state index contributed by atoms with van der Waals surface area (Å²) in [7, 11) is -2.36. The van der Waals surface area contributed by atoms with E-state index in [9.17, 15) is 13.0 Å². The molecule has 0 radical (unpaired) electrons. The van der Waals surface area contributed by atoms with E-state index in [2.05, 4.69) is 42.8 Å². The summed E-state index contributed by atoms with van der Waals surface area (Å²) in [4.78, 5) is -0.373. The molecule has 0 atom stereocenters.